The molecule has 0 aliphatic carbocycles. The lowest BCUT2D eigenvalue weighted by Gasteiger charge is -2.29. The number of hydrogen-bond donors (Lipinski definition) is 1. The van der Waals surface area contributed by atoms with Crippen LogP contribution in [0.2, 0.25) is 0 Å². The lowest BCUT2D eigenvalue weighted by Crippen LogP contribution is -2.36. The maximum Gasteiger partial charge on any atom is 0.253 e. The summed E-state index contributed by atoms with van der Waals surface area (Å²) in [5, 5.41) is 13.8. The fraction of sp³-hybridized carbons (Fsp3) is 0.360. The Morgan fingerprint density at radius 2 is 1.78 bits per heavy atom. The number of nitrogens with zero attached hydrogens (tertiary/aromatic N) is 5. The van der Waals surface area contributed by atoms with Gasteiger partial charge in [-0.2, -0.15) is 0 Å². The molecule has 1 N–H and O–H groups in total. The normalized spacial score (nSPS) is 16.2. The zero-order valence-electron chi connectivity index (χ0n) is 18.4. The molecular weight excluding hydrogens is 400 g/mol. The highest BCUT2D eigenvalue weighted by Crippen LogP contribution is 2.29. The van der Waals surface area contributed by atoms with Crippen molar-refractivity contribution in [3.8, 4) is 0 Å². The Morgan fingerprint density at radius 3 is 2.56 bits per heavy atom. The molecule has 164 valence electrons. The number of fused-ring (bicyclic) bond motifs is 1. The number of pyridine rings is 1. The summed E-state index contributed by atoms with van der Waals surface area (Å²) in [6, 6.07) is 18.0. The molecule has 0 spiro atoms. The molecule has 0 radical (unpaired) electrons. The largest absolute Gasteiger partial charge is 0.321 e. The van der Waals surface area contributed by atoms with Gasteiger partial charge in [-0.05, 0) is 65.9 Å². The third-order valence-electron chi connectivity index (χ3n) is 6.40. The van der Waals surface area contributed by atoms with E-state index in [-0.39, 0.29) is 11.6 Å². The van der Waals surface area contributed by atoms with Gasteiger partial charge >= 0.3 is 0 Å². The number of aromatic nitrogens is 5. The summed E-state index contributed by atoms with van der Waals surface area (Å²) in [6.07, 6.45) is 4.65. The van der Waals surface area contributed by atoms with Crippen molar-refractivity contribution in [1.29, 1.82) is 0 Å². The number of aryl methyl sites for hydroxylation is 1. The molecule has 1 atom stereocenters. The van der Waals surface area contributed by atoms with Crippen molar-refractivity contribution in [3.05, 3.63) is 87.5 Å². The highest BCUT2D eigenvalue weighted by Gasteiger charge is 2.30. The van der Waals surface area contributed by atoms with Gasteiger partial charge in [-0.15, -0.1) is 5.10 Å². The Hall–Kier alpha value is -3.32. The molecule has 7 heteroatoms. The SMILES string of the molecule is Cc1cccc2cc(C(c3nnnn3Cc3ccccc3)N3CCCCCC3)c(=O)[nH]c12. The molecule has 5 rings (SSSR count). The smallest absolute Gasteiger partial charge is 0.253 e. The Labute approximate surface area is 187 Å². The molecule has 1 fully saturated rings. The molecule has 0 bridgehead atoms. The number of aromatic amines is 1. The number of hydrogen-bond acceptors (Lipinski definition) is 5. The predicted molar refractivity (Wildman–Crippen MR) is 125 cm³/mol. The lowest BCUT2D eigenvalue weighted by molar-refractivity contribution is 0.220. The maximum absolute atomic E-state index is 13.4. The number of para-hydroxylation sites is 1. The van der Waals surface area contributed by atoms with Gasteiger partial charge in [0.15, 0.2) is 5.82 Å². The van der Waals surface area contributed by atoms with Crippen LogP contribution in [0, 0.1) is 6.92 Å². The zero-order valence-corrected chi connectivity index (χ0v) is 18.4. The quantitative estimate of drug-likeness (QED) is 0.522. The van der Waals surface area contributed by atoms with Gasteiger partial charge in [-0.3, -0.25) is 9.69 Å². The van der Waals surface area contributed by atoms with E-state index in [9.17, 15) is 4.79 Å². The van der Waals surface area contributed by atoms with Crippen LogP contribution < -0.4 is 5.56 Å². The molecule has 2 aromatic carbocycles. The van der Waals surface area contributed by atoms with Gasteiger partial charge in [0.1, 0.15) is 6.04 Å². The second-order valence-corrected chi connectivity index (χ2v) is 8.63. The van der Waals surface area contributed by atoms with Crippen LogP contribution in [0.25, 0.3) is 10.9 Å². The summed E-state index contributed by atoms with van der Waals surface area (Å²) < 4.78 is 1.84. The number of rotatable bonds is 5. The second kappa shape index (κ2) is 9.04. The molecular formula is C25H28N6O. The lowest BCUT2D eigenvalue weighted by atomic mass is 10.0. The van der Waals surface area contributed by atoms with Crippen LogP contribution in [0.15, 0.2) is 59.4 Å². The van der Waals surface area contributed by atoms with Crippen molar-refractivity contribution in [2.24, 2.45) is 0 Å². The average Bonchev–Trinajstić information content (AvgIpc) is 3.08. The van der Waals surface area contributed by atoms with E-state index in [1.54, 1.807) is 0 Å². The van der Waals surface area contributed by atoms with Gasteiger partial charge in [0.2, 0.25) is 0 Å². The van der Waals surface area contributed by atoms with Crippen LogP contribution in [0.1, 0.15) is 54.2 Å². The number of H-pyrrole nitrogens is 1. The van der Waals surface area contributed by atoms with E-state index in [0.717, 1.165) is 48.0 Å². The first-order chi connectivity index (χ1) is 15.7. The summed E-state index contributed by atoms with van der Waals surface area (Å²) in [4.78, 5) is 18.9. The number of benzene rings is 2. The average molecular weight is 429 g/mol. The van der Waals surface area contributed by atoms with Gasteiger partial charge in [0.25, 0.3) is 5.56 Å². The standard InChI is InChI=1S/C25H28N6O/c1-18-10-9-13-20-16-21(25(32)26-22(18)20)23(30-14-7-2-3-8-15-30)24-27-28-29-31(24)17-19-11-5-4-6-12-19/h4-6,9-13,16,23H,2-3,7-8,14-15,17H2,1H3,(H,26,32). The Balaban J connectivity index is 1.63. The Morgan fingerprint density at radius 1 is 1.00 bits per heavy atom. The van der Waals surface area contributed by atoms with Gasteiger partial charge < -0.3 is 4.98 Å². The van der Waals surface area contributed by atoms with Crippen molar-refractivity contribution in [2.45, 2.75) is 45.2 Å². The van der Waals surface area contributed by atoms with Gasteiger partial charge in [-0.1, -0.05) is 61.4 Å². The van der Waals surface area contributed by atoms with E-state index in [4.69, 9.17) is 0 Å². The van der Waals surface area contributed by atoms with Gasteiger partial charge in [0, 0.05) is 5.56 Å². The molecule has 1 unspecified atom stereocenters. The first-order valence-electron chi connectivity index (χ1n) is 11.4. The molecule has 0 amide bonds. The van der Waals surface area contributed by atoms with Crippen LogP contribution in [0.4, 0.5) is 0 Å². The fourth-order valence-corrected chi connectivity index (χ4v) is 4.73. The molecule has 1 aliphatic heterocycles. The summed E-state index contributed by atoms with van der Waals surface area (Å²) in [6.45, 7) is 4.44. The molecule has 3 heterocycles. The second-order valence-electron chi connectivity index (χ2n) is 8.63. The highest BCUT2D eigenvalue weighted by molar-refractivity contribution is 5.82. The van der Waals surface area contributed by atoms with E-state index >= 15 is 0 Å². The van der Waals surface area contributed by atoms with Crippen molar-refractivity contribution in [3.63, 3.8) is 0 Å². The van der Waals surface area contributed by atoms with E-state index in [1.807, 2.05) is 54.1 Å². The molecule has 4 aromatic rings. The van der Waals surface area contributed by atoms with Crippen LogP contribution in [0.5, 0.6) is 0 Å². The van der Waals surface area contributed by atoms with Crippen molar-refractivity contribution >= 4 is 10.9 Å². The van der Waals surface area contributed by atoms with E-state index in [2.05, 4.69) is 37.5 Å². The van der Waals surface area contributed by atoms with Crippen LogP contribution >= 0.6 is 0 Å². The first-order valence-corrected chi connectivity index (χ1v) is 11.4. The Bertz CT molecular complexity index is 1250. The minimum atomic E-state index is -0.291. The minimum absolute atomic E-state index is 0.0738. The van der Waals surface area contributed by atoms with Crippen molar-refractivity contribution < 1.29 is 0 Å². The van der Waals surface area contributed by atoms with E-state index in [0.29, 0.717) is 17.9 Å². The van der Waals surface area contributed by atoms with E-state index in [1.165, 1.54) is 12.8 Å². The molecule has 32 heavy (non-hydrogen) atoms. The monoisotopic (exact) mass is 428 g/mol. The van der Waals surface area contributed by atoms with Crippen LogP contribution in [-0.2, 0) is 6.54 Å². The zero-order chi connectivity index (χ0) is 21.9. The maximum atomic E-state index is 13.4. The van der Waals surface area contributed by atoms with Crippen LogP contribution in [-0.4, -0.2) is 43.2 Å². The third kappa shape index (κ3) is 4.08. The van der Waals surface area contributed by atoms with Crippen LogP contribution in [0.3, 0.4) is 0 Å². The topological polar surface area (TPSA) is 79.7 Å². The first kappa shape index (κ1) is 20.6. The van der Waals surface area contributed by atoms with Gasteiger partial charge in [0.05, 0.1) is 12.1 Å². The molecule has 2 aromatic heterocycles. The predicted octanol–water partition coefficient (Wildman–Crippen LogP) is 3.84. The van der Waals surface area contributed by atoms with Crippen molar-refractivity contribution in [2.75, 3.05) is 13.1 Å². The molecule has 1 saturated heterocycles. The number of tetrazole rings is 1. The summed E-state index contributed by atoms with van der Waals surface area (Å²) in [5.74, 6) is 0.716. The molecule has 7 nitrogen and oxygen atoms in total. The number of nitrogens with one attached hydrogen (secondary N) is 1. The summed E-state index contributed by atoms with van der Waals surface area (Å²) >= 11 is 0. The van der Waals surface area contributed by atoms with E-state index < -0.39 is 0 Å². The molecule has 1 aliphatic rings. The summed E-state index contributed by atoms with van der Waals surface area (Å²) in [5.41, 5.74) is 3.70. The fourth-order valence-electron chi connectivity index (χ4n) is 4.73. The number of likely N-dealkylation sites (tertiary alicyclic amines) is 1. The minimum Gasteiger partial charge on any atom is -0.321 e. The highest BCUT2D eigenvalue weighted by atomic mass is 16.1. The van der Waals surface area contributed by atoms with Gasteiger partial charge in [-0.25, -0.2) is 4.68 Å². The third-order valence-corrected chi connectivity index (χ3v) is 6.40. The Kier molecular flexibility index (Phi) is 5.81. The molecule has 0 saturated carbocycles. The summed E-state index contributed by atoms with van der Waals surface area (Å²) in [7, 11) is 0. The van der Waals surface area contributed by atoms with Crippen molar-refractivity contribution in [1.82, 2.24) is 30.1 Å².